The molecule has 1 saturated carbocycles. The number of hydrogen-bond donors (Lipinski definition) is 1. The second-order valence-electron chi connectivity index (χ2n) is 7.68. The first-order valence-electron chi connectivity index (χ1n) is 9.78. The van der Waals surface area contributed by atoms with Crippen molar-refractivity contribution < 1.29 is 4.79 Å². The van der Waals surface area contributed by atoms with Crippen LogP contribution in [-0.2, 0) is 0 Å². The molecule has 5 nitrogen and oxygen atoms in total. The van der Waals surface area contributed by atoms with Gasteiger partial charge in [0, 0.05) is 12.5 Å². The van der Waals surface area contributed by atoms with E-state index in [0.29, 0.717) is 11.6 Å². The van der Waals surface area contributed by atoms with Crippen LogP contribution in [0, 0.1) is 0 Å². The molecule has 1 amide bonds. The number of para-hydroxylation sites is 1. The lowest BCUT2D eigenvalue weighted by atomic mass is 10.1. The first-order valence-corrected chi connectivity index (χ1v) is 9.78. The minimum absolute atomic E-state index is 0.0906. The summed E-state index contributed by atoms with van der Waals surface area (Å²) in [6.07, 6.45) is 2.31. The van der Waals surface area contributed by atoms with Gasteiger partial charge in [0.15, 0.2) is 0 Å². The van der Waals surface area contributed by atoms with E-state index in [2.05, 4.69) is 22.3 Å². The average molecular weight is 374 g/mol. The van der Waals surface area contributed by atoms with Crippen LogP contribution in [-0.4, -0.2) is 41.2 Å². The highest BCUT2D eigenvalue weighted by Crippen LogP contribution is 2.39. The third kappa shape index (κ3) is 4.15. The third-order valence-corrected chi connectivity index (χ3v) is 5.01. The van der Waals surface area contributed by atoms with Gasteiger partial charge in [0.05, 0.1) is 17.4 Å². The van der Waals surface area contributed by atoms with Gasteiger partial charge in [-0.05, 0) is 50.7 Å². The zero-order valence-corrected chi connectivity index (χ0v) is 16.4. The maximum absolute atomic E-state index is 13.3. The molecule has 1 heterocycles. The number of likely N-dealkylation sites (N-methyl/N-ethyl adjacent to an activating group) is 1. The van der Waals surface area contributed by atoms with Gasteiger partial charge < -0.3 is 10.2 Å². The molecule has 3 aromatic rings. The van der Waals surface area contributed by atoms with Crippen molar-refractivity contribution in [3.05, 3.63) is 83.7 Å². The topological polar surface area (TPSA) is 50.2 Å². The molecular formula is C23H26N4O. The van der Waals surface area contributed by atoms with E-state index in [1.807, 2.05) is 68.7 Å². The van der Waals surface area contributed by atoms with Crippen molar-refractivity contribution in [2.75, 3.05) is 20.6 Å². The lowest BCUT2D eigenvalue weighted by Gasteiger charge is -2.23. The Labute approximate surface area is 166 Å². The Morgan fingerprint density at radius 2 is 1.75 bits per heavy atom. The molecule has 0 spiro atoms. The van der Waals surface area contributed by atoms with E-state index in [-0.39, 0.29) is 11.9 Å². The smallest absolute Gasteiger partial charge is 0.270 e. The van der Waals surface area contributed by atoms with Crippen LogP contribution in [0.3, 0.4) is 0 Å². The van der Waals surface area contributed by atoms with Crippen molar-refractivity contribution in [3.63, 3.8) is 0 Å². The highest BCUT2D eigenvalue weighted by molar-refractivity contribution is 5.93. The number of benzene rings is 2. The zero-order chi connectivity index (χ0) is 19.5. The van der Waals surface area contributed by atoms with Crippen LogP contribution in [0.1, 0.15) is 46.5 Å². The predicted molar refractivity (Wildman–Crippen MR) is 111 cm³/mol. The summed E-state index contributed by atoms with van der Waals surface area (Å²) >= 11 is 0. The van der Waals surface area contributed by atoms with Gasteiger partial charge in [0.25, 0.3) is 5.91 Å². The van der Waals surface area contributed by atoms with Crippen LogP contribution in [0.25, 0.3) is 5.69 Å². The molecule has 1 aliphatic carbocycles. The second kappa shape index (κ2) is 7.98. The van der Waals surface area contributed by atoms with E-state index in [0.717, 1.165) is 36.3 Å². The Morgan fingerprint density at radius 1 is 1.11 bits per heavy atom. The maximum atomic E-state index is 13.3. The molecular weight excluding hydrogens is 348 g/mol. The Balaban J connectivity index is 1.64. The van der Waals surface area contributed by atoms with Crippen molar-refractivity contribution in [1.82, 2.24) is 20.0 Å². The summed E-state index contributed by atoms with van der Waals surface area (Å²) in [6, 6.07) is 21.8. The molecule has 0 unspecified atom stereocenters. The van der Waals surface area contributed by atoms with Crippen molar-refractivity contribution >= 4 is 5.91 Å². The van der Waals surface area contributed by atoms with E-state index >= 15 is 0 Å². The number of nitrogens with one attached hydrogen (secondary N) is 1. The second-order valence-corrected chi connectivity index (χ2v) is 7.68. The summed E-state index contributed by atoms with van der Waals surface area (Å²) in [6.45, 7) is 0.727. The molecule has 1 aliphatic rings. The summed E-state index contributed by atoms with van der Waals surface area (Å²) in [5, 5.41) is 7.97. The van der Waals surface area contributed by atoms with Crippen LogP contribution in [0.15, 0.2) is 66.7 Å². The Bertz CT molecular complexity index is 930. The fourth-order valence-electron chi connectivity index (χ4n) is 3.42. The van der Waals surface area contributed by atoms with Gasteiger partial charge in [-0.1, -0.05) is 48.5 Å². The van der Waals surface area contributed by atoms with Crippen LogP contribution in [0.4, 0.5) is 0 Å². The number of amides is 1. The van der Waals surface area contributed by atoms with Crippen LogP contribution in [0.5, 0.6) is 0 Å². The largest absolute Gasteiger partial charge is 0.343 e. The van der Waals surface area contributed by atoms with Gasteiger partial charge in [0.2, 0.25) is 0 Å². The molecule has 28 heavy (non-hydrogen) atoms. The highest BCUT2D eigenvalue weighted by atomic mass is 16.2. The highest BCUT2D eigenvalue weighted by Gasteiger charge is 2.29. The first-order chi connectivity index (χ1) is 13.6. The fourth-order valence-corrected chi connectivity index (χ4v) is 3.42. The van der Waals surface area contributed by atoms with Crippen LogP contribution in [0.2, 0.25) is 0 Å². The van der Waals surface area contributed by atoms with Crippen molar-refractivity contribution in [2.45, 2.75) is 24.8 Å². The molecule has 144 valence electrons. The van der Waals surface area contributed by atoms with Gasteiger partial charge >= 0.3 is 0 Å². The standard InChI is InChI=1S/C23H26N4O/c1-26(2)16-21(17-9-5-3-6-10-17)24-23(28)22-15-20(18-13-14-18)25-27(22)19-11-7-4-8-12-19/h3-12,15,18,21H,13-14,16H2,1-2H3,(H,24,28)/t21-/m1/s1. The molecule has 1 atom stereocenters. The van der Waals surface area contributed by atoms with E-state index in [1.165, 1.54) is 0 Å². The average Bonchev–Trinajstić information content (AvgIpc) is 3.46. The van der Waals surface area contributed by atoms with E-state index in [1.54, 1.807) is 4.68 Å². The maximum Gasteiger partial charge on any atom is 0.270 e. The molecule has 1 aromatic heterocycles. The van der Waals surface area contributed by atoms with Gasteiger partial charge in [-0.25, -0.2) is 4.68 Å². The SMILES string of the molecule is CN(C)C[C@@H](NC(=O)c1cc(C2CC2)nn1-c1ccccc1)c1ccccc1. The van der Waals surface area contributed by atoms with Crippen LogP contribution >= 0.6 is 0 Å². The molecule has 4 rings (SSSR count). The number of carbonyl (C=O) groups excluding carboxylic acids is 1. The number of aromatic nitrogens is 2. The van der Waals surface area contributed by atoms with Gasteiger partial charge in [-0.15, -0.1) is 0 Å². The van der Waals surface area contributed by atoms with Gasteiger partial charge in [-0.3, -0.25) is 4.79 Å². The molecule has 1 fully saturated rings. The molecule has 2 aromatic carbocycles. The van der Waals surface area contributed by atoms with E-state index in [9.17, 15) is 4.79 Å². The van der Waals surface area contributed by atoms with Crippen molar-refractivity contribution in [2.24, 2.45) is 0 Å². The third-order valence-electron chi connectivity index (χ3n) is 5.01. The Hall–Kier alpha value is -2.92. The molecule has 0 saturated heterocycles. The normalized spacial score (nSPS) is 14.8. The van der Waals surface area contributed by atoms with E-state index < -0.39 is 0 Å². The lowest BCUT2D eigenvalue weighted by molar-refractivity contribution is 0.0922. The quantitative estimate of drug-likeness (QED) is 0.685. The number of carbonyl (C=O) groups is 1. The molecule has 5 heteroatoms. The fraction of sp³-hybridized carbons (Fsp3) is 0.304. The summed E-state index contributed by atoms with van der Waals surface area (Å²) in [4.78, 5) is 15.4. The Morgan fingerprint density at radius 3 is 2.36 bits per heavy atom. The molecule has 0 bridgehead atoms. The molecule has 1 N–H and O–H groups in total. The number of hydrogen-bond acceptors (Lipinski definition) is 3. The number of rotatable bonds is 7. The van der Waals surface area contributed by atoms with E-state index in [4.69, 9.17) is 5.10 Å². The number of nitrogens with zero attached hydrogens (tertiary/aromatic N) is 3. The summed E-state index contributed by atoms with van der Waals surface area (Å²) in [7, 11) is 4.03. The summed E-state index contributed by atoms with van der Waals surface area (Å²) in [5.74, 6) is 0.391. The summed E-state index contributed by atoms with van der Waals surface area (Å²) < 4.78 is 1.78. The lowest BCUT2D eigenvalue weighted by Crippen LogP contribution is -2.36. The minimum Gasteiger partial charge on any atom is -0.343 e. The van der Waals surface area contributed by atoms with Gasteiger partial charge in [0.1, 0.15) is 5.69 Å². The monoisotopic (exact) mass is 374 g/mol. The zero-order valence-electron chi connectivity index (χ0n) is 16.4. The minimum atomic E-state index is -0.0982. The molecule has 0 aliphatic heterocycles. The predicted octanol–water partition coefficient (Wildman–Crippen LogP) is 3.78. The van der Waals surface area contributed by atoms with Crippen molar-refractivity contribution in [3.8, 4) is 5.69 Å². The van der Waals surface area contributed by atoms with Gasteiger partial charge in [-0.2, -0.15) is 5.10 Å². The Kier molecular flexibility index (Phi) is 5.26. The van der Waals surface area contributed by atoms with Crippen molar-refractivity contribution in [1.29, 1.82) is 0 Å². The first kappa shape index (κ1) is 18.4. The molecule has 0 radical (unpaired) electrons. The van der Waals surface area contributed by atoms with Crippen LogP contribution < -0.4 is 5.32 Å². The summed E-state index contributed by atoms with van der Waals surface area (Å²) in [5.41, 5.74) is 3.60.